The van der Waals surface area contributed by atoms with Crippen LogP contribution < -0.4 is 0 Å². The summed E-state index contributed by atoms with van der Waals surface area (Å²) < 4.78 is 0. The summed E-state index contributed by atoms with van der Waals surface area (Å²) in [6.45, 7) is 0. The molecule has 1 heteroatoms. The molecule has 1 fully saturated rings. The summed E-state index contributed by atoms with van der Waals surface area (Å²) in [4.78, 5) is 4.06. The van der Waals surface area contributed by atoms with Crippen molar-refractivity contribution in [2.75, 3.05) is 0 Å². The van der Waals surface area contributed by atoms with Crippen molar-refractivity contribution in [2.24, 2.45) is 0 Å². The third kappa shape index (κ3) is 3.65. The number of hydrogen-bond acceptors (Lipinski definition) is 1. The largest absolute Gasteiger partial charge is 0.265 e. The van der Waals surface area contributed by atoms with Gasteiger partial charge in [-0.3, -0.25) is 4.98 Å². The zero-order valence-electron chi connectivity index (χ0n) is 9.41. The van der Waals surface area contributed by atoms with Gasteiger partial charge < -0.3 is 0 Å². The third-order valence-electron chi connectivity index (χ3n) is 3.26. The number of hydrogen-bond donors (Lipinski definition) is 0. The van der Waals surface area contributed by atoms with E-state index in [1.54, 1.807) is 5.92 Å². The van der Waals surface area contributed by atoms with Gasteiger partial charge >= 0.3 is 0 Å². The molecule has 81 valence electrons. The van der Waals surface area contributed by atoms with E-state index in [4.69, 9.17) is 0 Å². The Balaban J connectivity index is 1.86. The highest BCUT2D eigenvalue weighted by molar-refractivity contribution is 5.15. The van der Waals surface area contributed by atoms with Crippen LogP contribution in [0, 0.1) is 5.92 Å². The number of rotatable bonds is 2. The van der Waals surface area contributed by atoms with Crippen LogP contribution in [0.15, 0.2) is 24.5 Å². The lowest BCUT2D eigenvalue weighted by Gasteiger charge is -2.18. The van der Waals surface area contributed by atoms with E-state index >= 15 is 0 Å². The molecular formula is C14H20N. The summed E-state index contributed by atoms with van der Waals surface area (Å²) in [6, 6.07) is 4.29. The SMILES string of the molecule is c1cc(C[C]2CCCCCCC2)ccn1. The molecular weight excluding hydrogens is 182 g/mol. The van der Waals surface area contributed by atoms with Crippen LogP contribution in [0.4, 0.5) is 0 Å². The molecule has 0 aromatic carbocycles. The Bertz CT molecular complexity index is 260. The molecule has 0 spiro atoms. The Morgan fingerprint density at radius 3 is 2.13 bits per heavy atom. The van der Waals surface area contributed by atoms with E-state index in [0.717, 1.165) is 0 Å². The maximum atomic E-state index is 4.06. The average Bonchev–Trinajstić information content (AvgIpc) is 2.23. The molecule has 1 nitrogen and oxygen atoms in total. The summed E-state index contributed by atoms with van der Waals surface area (Å²) in [5.74, 6) is 1.75. The first kappa shape index (κ1) is 10.7. The highest BCUT2D eigenvalue weighted by atomic mass is 14.6. The van der Waals surface area contributed by atoms with Gasteiger partial charge in [0.15, 0.2) is 0 Å². The maximum Gasteiger partial charge on any atom is 0.0270 e. The van der Waals surface area contributed by atoms with Gasteiger partial charge in [-0.2, -0.15) is 0 Å². The van der Waals surface area contributed by atoms with Crippen molar-refractivity contribution in [1.29, 1.82) is 0 Å². The van der Waals surface area contributed by atoms with Crippen LogP contribution in [0.5, 0.6) is 0 Å². The van der Waals surface area contributed by atoms with Crippen LogP contribution in [-0.2, 0) is 6.42 Å². The van der Waals surface area contributed by atoms with Gasteiger partial charge in [-0.05, 0) is 42.9 Å². The lowest BCUT2D eigenvalue weighted by molar-refractivity contribution is 0.516. The van der Waals surface area contributed by atoms with Crippen LogP contribution in [0.3, 0.4) is 0 Å². The maximum absolute atomic E-state index is 4.06. The molecule has 1 aliphatic rings. The predicted octanol–water partition coefficient (Wildman–Crippen LogP) is 3.94. The van der Waals surface area contributed by atoms with E-state index in [1.165, 1.54) is 56.9 Å². The Morgan fingerprint density at radius 2 is 1.47 bits per heavy atom. The van der Waals surface area contributed by atoms with E-state index in [0.29, 0.717) is 0 Å². The zero-order chi connectivity index (χ0) is 10.3. The van der Waals surface area contributed by atoms with Crippen molar-refractivity contribution in [3.05, 3.63) is 36.0 Å². The van der Waals surface area contributed by atoms with Crippen LogP contribution in [0.2, 0.25) is 0 Å². The van der Waals surface area contributed by atoms with Gasteiger partial charge in [-0.25, -0.2) is 0 Å². The second kappa shape index (κ2) is 5.89. The summed E-state index contributed by atoms with van der Waals surface area (Å²) in [5.41, 5.74) is 1.43. The first-order valence-electron chi connectivity index (χ1n) is 6.17. The minimum absolute atomic E-state index is 1.18. The summed E-state index contributed by atoms with van der Waals surface area (Å²) in [7, 11) is 0. The molecule has 0 saturated heterocycles. The molecule has 1 aromatic heterocycles. The van der Waals surface area contributed by atoms with Crippen LogP contribution in [0.1, 0.15) is 50.5 Å². The van der Waals surface area contributed by atoms with Gasteiger partial charge in [0.2, 0.25) is 0 Å². The van der Waals surface area contributed by atoms with Crippen molar-refractivity contribution >= 4 is 0 Å². The normalized spacial score (nSPS) is 19.5. The van der Waals surface area contributed by atoms with Gasteiger partial charge in [-0.15, -0.1) is 0 Å². The molecule has 1 heterocycles. The molecule has 0 amide bonds. The van der Waals surface area contributed by atoms with E-state index in [1.807, 2.05) is 12.4 Å². The average molecular weight is 202 g/mol. The molecule has 0 bridgehead atoms. The lowest BCUT2D eigenvalue weighted by atomic mass is 9.87. The highest BCUT2D eigenvalue weighted by Gasteiger charge is 2.12. The first-order chi connectivity index (χ1) is 7.45. The standard InChI is InChI=1S/C14H20N/c1-2-4-6-13(7-5-3-1)12-14-8-10-15-11-9-14/h8-11H,1-7,12H2. The van der Waals surface area contributed by atoms with Crippen LogP contribution in [-0.4, -0.2) is 4.98 Å². The van der Waals surface area contributed by atoms with Crippen molar-refractivity contribution < 1.29 is 0 Å². The fourth-order valence-corrected chi connectivity index (χ4v) is 2.37. The molecule has 0 atom stereocenters. The Labute approximate surface area is 92.9 Å². The fraction of sp³-hybridized carbons (Fsp3) is 0.571. The van der Waals surface area contributed by atoms with Gasteiger partial charge in [0.25, 0.3) is 0 Å². The van der Waals surface area contributed by atoms with Crippen molar-refractivity contribution in [2.45, 2.75) is 51.4 Å². The van der Waals surface area contributed by atoms with Gasteiger partial charge in [-0.1, -0.05) is 32.1 Å². The van der Waals surface area contributed by atoms with Crippen molar-refractivity contribution in [1.82, 2.24) is 4.98 Å². The zero-order valence-corrected chi connectivity index (χ0v) is 9.41. The molecule has 15 heavy (non-hydrogen) atoms. The van der Waals surface area contributed by atoms with E-state index in [9.17, 15) is 0 Å². The summed E-state index contributed by atoms with van der Waals surface area (Å²) in [5, 5.41) is 0. The Kier molecular flexibility index (Phi) is 4.19. The molecule has 2 rings (SSSR count). The first-order valence-corrected chi connectivity index (χ1v) is 6.17. The molecule has 0 aliphatic heterocycles. The topological polar surface area (TPSA) is 12.9 Å². The lowest BCUT2D eigenvalue weighted by Crippen LogP contribution is -2.05. The van der Waals surface area contributed by atoms with Crippen molar-refractivity contribution in [3.8, 4) is 0 Å². The molecule has 1 saturated carbocycles. The Hall–Kier alpha value is -0.850. The smallest absolute Gasteiger partial charge is 0.0270 e. The van der Waals surface area contributed by atoms with Crippen LogP contribution >= 0.6 is 0 Å². The number of pyridine rings is 1. The molecule has 0 unspecified atom stereocenters. The predicted molar refractivity (Wildman–Crippen MR) is 63.5 cm³/mol. The monoisotopic (exact) mass is 202 g/mol. The quantitative estimate of drug-likeness (QED) is 0.707. The van der Waals surface area contributed by atoms with Gasteiger partial charge in [0.05, 0.1) is 0 Å². The van der Waals surface area contributed by atoms with E-state index < -0.39 is 0 Å². The molecule has 1 radical (unpaired) electrons. The molecule has 1 aliphatic carbocycles. The summed E-state index contributed by atoms with van der Waals surface area (Å²) >= 11 is 0. The van der Waals surface area contributed by atoms with Crippen molar-refractivity contribution in [3.63, 3.8) is 0 Å². The summed E-state index contributed by atoms with van der Waals surface area (Å²) in [6.07, 6.45) is 14.8. The van der Waals surface area contributed by atoms with Gasteiger partial charge in [0.1, 0.15) is 0 Å². The van der Waals surface area contributed by atoms with E-state index in [2.05, 4.69) is 17.1 Å². The fourth-order valence-electron chi connectivity index (χ4n) is 2.37. The molecule has 0 N–H and O–H groups in total. The molecule has 1 aromatic rings. The Morgan fingerprint density at radius 1 is 0.867 bits per heavy atom. The second-order valence-corrected chi connectivity index (χ2v) is 4.55. The number of aromatic nitrogens is 1. The number of nitrogens with zero attached hydrogens (tertiary/aromatic N) is 1. The van der Waals surface area contributed by atoms with E-state index in [-0.39, 0.29) is 0 Å². The van der Waals surface area contributed by atoms with Gasteiger partial charge in [0, 0.05) is 12.4 Å². The third-order valence-corrected chi connectivity index (χ3v) is 3.26. The highest BCUT2D eigenvalue weighted by Crippen LogP contribution is 2.26. The minimum atomic E-state index is 1.18. The van der Waals surface area contributed by atoms with Crippen LogP contribution in [0.25, 0.3) is 0 Å². The second-order valence-electron chi connectivity index (χ2n) is 4.55. The minimum Gasteiger partial charge on any atom is -0.265 e.